The molecule has 17 heavy (non-hydrogen) atoms. The van der Waals surface area contributed by atoms with Crippen LogP contribution in [-0.2, 0) is 0 Å². The average molecular weight is 243 g/mol. The van der Waals surface area contributed by atoms with E-state index in [2.05, 4.69) is 5.32 Å². The summed E-state index contributed by atoms with van der Waals surface area (Å²) in [5.74, 6) is -1.83. The summed E-state index contributed by atoms with van der Waals surface area (Å²) in [6.45, 7) is 5.86. The molecule has 0 heterocycles. The molecule has 3 atom stereocenters. The van der Waals surface area contributed by atoms with Crippen LogP contribution in [0.5, 0.6) is 0 Å². The summed E-state index contributed by atoms with van der Waals surface area (Å²) >= 11 is 0. The van der Waals surface area contributed by atoms with Gasteiger partial charge in [-0.05, 0) is 38.0 Å². The summed E-state index contributed by atoms with van der Waals surface area (Å²) < 4.78 is 25.8. The molecule has 0 spiro atoms. The third-order valence-electron chi connectivity index (χ3n) is 2.92. The van der Waals surface area contributed by atoms with Gasteiger partial charge >= 0.3 is 0 Å². The molecule has 0 saturated heterocycles. The van der Waals surface area contributed by atoms with Crippen LogP contribution in [0.3, 0.4) is 0 Å². The van der Waals surface area contributed by atoms with Crippen molar-refractivity contribution in [2.24, 2.45) is 0 Å². The number of hydrogen-bond donors (Lipinski definition) is 2. The van der Waals surface area contributed by atoms with E-state index in [1.54, 1.807) is 0 Å². The Morgan fingerprint density at radius 2 is 1.88 bits per heavy atom. The number of aliphatic hydroxyl groups excluding tert-OH is 1. The van der Waals surface area contributed by atoms with Crippen molar-refractivity contribution in [3.63, 3.8) is 0 Å². The van der Waals surface area contributed by atoms with Crippen molar-refractivity contribution in [2.45, 2.75) is 45.4 Å². The minimum atomic E-state index is -0.933. The van der Waals surface area contributed by atoms with Gasteiger partial charge in [0.15, 0.2) is 11.6 Å². The van der Waals surface area contributed by atoms with Gasteiger partial charge in [0.2, 0.25) is 0 Å². The highest BCUT2D eigenvalue weighted by Gasteiger charge is 2.18. The number of hydrogen-bond acceptors (Lipinski definition) is 2. The molecular formula is C13H19F2NO. The largest absolute Gasteiger partial charge is 0.387 e. The van der Waals surface area contributed by atoms with Gasteiger partial charge in [-0.1, -0.05) is 13.0 Å². The molecule has 96 valence electrons. The van der Waals surface area contributed by atoms with Crippen LogP contribution < -0.4 is 5.32 Å². The van der Waals surface area contributed by atoms with Crippen LogP contribution in [0.4, 0.5) is 8.78 Å². The van der Waals surface area contributed by atoms with Crippen LogP contribution in [0.15, 0.2) is 18.2 Å². The van der Waals surface area contributed by atoms with E-state index in [9.17, 15) is 13.9 Å². The quantitative estimate of drug-likeness (QED) is 0.833. The second-order valence-corrected chi connectivity index (χ2v) is 4.38. The first-order valence-corrected chi connectivity index (χ1v) is 5.84. The molecule has 0 aliphatic rings. The standard InChI is InChI=1S/C13H19F2NO/c1-4-8(2)16-9(3)13(17)10-5-6-11(14)12(15)7-10/h5-9,13,16-17H,4H2,1-3H3. The summed E-state index contributed by atoms with van der Waals surface area (Å²) in [6.07, 6.45) is 0.0913. The Hall–Kier alpha value is -1.00. The topological polar surface area (TPSA) is 32.3 Å². The Kier molecular flexibility index (Phi) is 5.02. The van der Waals surface area contributed by atoms with Gasteiger partial charge in [0.05, 0.1) is 6.10 Å². The highest BCUT2D eigenvalue weighted by atomic mass is 19.2. The molecule has 0 aliphatic carbocycles. The smallest absolute Gasteiger partial charge is 0.159 e. The number of benzene rings is 1. The molecule has 0 aromatic heterocycles. The predicted molar refractivity (Wildman–Crippen MR) is 63.7 cm³/mol. The Labute approximate surface area is 101 Å². The van der Waals surface area contributed by atoms with Crippen LogP contribution in [0.1, 0.15) is 38.9 Å². The van der Waals surface area contributed by atoms with Crippen LogP contribution in [0.25, 0.3) is 0 Å². The fraction of sp³-hybridized carbons (Fsp3) is 0.538. The first kappa shape index (κ1) is 14.1. The highest BCUT2D eigenvalue weighted by Crippen LogP contribution is 2.19. The van der Waals surface area contributed by atoms with E-state index in [4.69, 9.17) is 0 Å². The molecule has 0 amide bonds. The number of rotatable bonds is 5. The zero-order valence-electron chi connectivity index (χ0n) is 10.4. The number of nitrogens with one attached hydrogen (secondary N) is 1. The molecule has 1 aromatic carbocycles. The van der Waals surface area contributed by atoms with E-state index < -0.39 is 17.7 Å². The Morgan fingerprint density at radius 3 is 2.41 bits per heavy atom. The van der Waals surface area contributed by atoms with E-state index >= 15 is 0 Å². The molecule has 0 fully saturated rings. The maximum Gasteiger partial charge on any atom is 0.159 e. The van der Waals surface area contributed by atoms with E-state index in [1.807, 2.05) is 20.8 Å². The fourth-order valence-electron chi connectivity index (χ4n) is 1.64. The Bertz CT molecular complexity index is 370. The van der Waals surface area contributed by atoms with Gasteiger partial charge in [-0.15, -0.1) is 0 Å². The maximum atomic E-state index is 13.0. The number of halogens is 2. The summed E-state index contributed by atoms with van der Waals surface area (Å²) in [7, 11) is 0. The van der Waals surface area contributed by atoms with Crippen molar-refractivity contribution < 1.29 is 13.9 Å². The molecular weight excluding hydrogens is 224 g/mol. The molecule has 4 heteroatoms. The molecule has 1 aromatic rings. The molecule has 2 N–H and O–H groups in total. The Morgan fingerprint density at radius 1 is 1.24 bits per heavy atom. The van der Waals surface area contributed by atoms with Crippen molar-refractivity contribution in [1.29, 1.82) is 0 Å². The zero-order chi connectivity index (χ0) is 13.0. The second kappa shape index (κ2) is 6.07. The van der Waals surface area contributed by atoms with Gasteiger partial charge < -0.3 is 10.4 Å². The highest BCUT2D eigenvalue weighted by molar-refractivity contribution is 5.21. The van der Waals surface area contributed by atoms with Gasteiger partial charge in [-0.2, -0.15) is 0 Å². The molecule has 0 saturated carbocycles. The lowest BCUT2D eigenvalue weighted by Crippen LogP contribution is -2.38. The van der Waals surface area contributed by atoms with Crippen LogP contribution >= 0.6 is 0 Å². The van der Waals surface area contributed by atoms with Crippen molar-refractivity contribution in [2.75, 3.05) is 0 Å². The van der Waals surface area contributed by atoms with E-state index in [0.29, 0.717) is 5.56 Å². The summed E-state index contributed by atoms with van der Waals surface area (Å²) in [4.78, 5) is 0. The van der Waals surface area contributed by atoms with Gasteiger partial charge in [-0.25, -0.2) is 8.78 Å². The summed E-state index contributed by atoms with van der Waals surface area (Å²) in [5.41, 5.74) is 0.382. The SMILES string of the molecule is CCC(C)NC(C)C(O)c1ccc(F)c(F)c1. The molecule has 1 rings (SSSR count). The lowest BCUT2D eigenvalue weighted by Gasteiger charge is -2.24. The lowest BCUT2D eigenvalue weighted by molar-refractivity contribution is 0.129. The van der Waals surface area contributed by atoms with Crippen LogP contribution in [-0.4, -0.2) is 17.2 Å². The third-order valence-corrected chi connectivity index (χ3v) is 2.92. The third kappa shape index (κ3) is 3.75. The minimum Gasteiger partial charge on any atom is -0.387 e. The maximum absolute atomic E-state index is 13.0. The van der Waals surface area contributed by atoms with Gasteiger partial charge in [0.25, 0.3) is 0 Å². The molecule has 0 bridgehead atoms. The van der Waals surface area contributed by atoms with Crippen molar-refractivity contribution >= 4 is 0 Å². The molecule has 0 aliphatic heterocycles. The van der Waals surface area contributed by atoms with E-state index in [-0.39, 0.29) is 12.1 Å². The average Bonchev–Trinajstić information content (AvgIpc) is 2.31. The van der Waals surface area contributed by atoms with E-state index in [0.717, 1.165) is 18.6 Å². The molecule has 3 unspecified atom stereocenters. The van der Waals surface area contributed by atoms with Gasteiger partial charge in [0, 0.05) is 12.1 Å². The van der Waals surface area contributed by atoms with E-state index in [1.165, 1.54) is 6.07 Å². The lowest BCUT2D eigenvalue weighted by atomic mass is 10.0. The first-order valence-electron chi connectivity index (χ1n) is 5.84. The minimum absolute atomic E-state index is 0.213. The van der Waals surface area contributed by atoms with Gasteiger partial charge in [0.1, 0.15) is 0 Å². The van der Waals surface area contributed by atoms with Crippen molar-refractivity contribution in [3.8, 4) is 0 Å². The summed E-state index contributed by atoms with van der Waals surface area (Å²) in [5, 5.41) is 13.2. The monoisotopic (exact) mass is 243 g/mol. The predicted octanol–water partition coefficient (Wildman–Crippen LogP) is 2.77. The van der Waals surface area contributed by atoms with Gasteiger partial charge in [-0.3, -0.25) is 0 Å². The zero-order valence-corrected chi connectivity index (χ0v) is 10.4. The molecule has 0 radical (unpaired) electrons. The van der Waals surface area contributed by atoms with Crippen molar-refractivity contribution in [1.82, 2.24) is 5.32 Å². The Balaban J connectivity index is 2.74. The second-order valence-electron chi connectivity index (χ2n) is 4.38. The molecule has 2 nitrogen and oxygen atoms in total. The van der Waals surface area contributed by atoms with Crippen LogP contribution in [0, 0.1) is 11.6 Å². The summed E-state index contributed by atoms with van der Waals surface area (Å²) in [6, 6.07) is 3.52. The van der Waals surface area contributed by atoms with Crippen LogP contribution in [0.2, 0.25) is 0 Å². The fourth-order valence-corrected chi connectivity index (χ4v) is 1.64. The first-order chi connectivity index (χ1) is 7.95. The normalized spacial score (nSPS) is 16.6. The van der Waals surface area contributed by atoms with Crippen molar-refractivity contribution in [3.05, 3.63) is 35.4 Å². The number of aliphatic hydroxyl groups is 1.